The van der Waals surface area contributed by atoms with Crippen molar-refractivity contribution in [3.05, 3.63) is 47.1 Å². The molecule has 0 radical (unpaired) electrons. The first kappa shape index (κ1) is 27.8. The van der Waals surface area contributed by atoms with Crippen molar-refractivity contribution in [1.29, 1.82) is 0 Å². The monoisotopic (exact) mass is 482 g/mol. The van der Waals surface area contributed by atoms with Gasteiger partial charge in [0.25, 0.3) is 0 Å². The van der Waals surface area contributed by atoms with Crippen LogP contribution in [0, 0.1) is 0 Å². The van der Waals surface area contributed by atoms with Crippen molar-refractivity contribution in [2.75, 3.05) is 19.8 Å². The van der Waals surface area contributed by atoms with Crippen molar-refractivity contribution in [3.63, 3.8) is 0 Å². The van der Waals surface area contributed by atoms with E-state index in [-0.39, 0.29) is 31.3 Å². The van der Waals surface area contributed by atoms with Gasteiger partial charge < -0.3 is 44.8 Å². The standard InChI is InChI=1S/C24H34O10/c1-14(8-10-25)4-3-5-15(2)23(31)33-13-19-20(28)21(29)22(30)24(34-19)32-11-9-16-6-7-17(26)18(27)12-16/h5-8,12,19-22,24-30H,3-4,9-11,13H2,1-2H3. The lowest BCUT2D eigenvalue weighted by atomic mass is 9.99. The molecule has 1 heterocycles. The number of aromatic hydroxyl groups is 2. The largest absolute Gasteiger partial charge is 0.504 e. The Labute approximate surface area is 198 Å². The Morgan fingerprint density at radius 1 is 1.06 bits per heavy atom. The van der Waals surface area contributed by atoms with Crippen molar-refractivity contribution < 1.29 is 49.6 Å². The van der Waals surface area contributed by atoms with Gasteiger partial charge in [0.1, 0.15) is 31.0 Å². The molecule has 1 aromatic carbocycles. The van der Waals surface area contributed by atoms with Crippen molar-refractivity contribution in [2.45, 2.75) is 63.8 Å². The molecule has 1 aliphatic rings. The second-order valence-electron chi connectivity index (χ2n) is 8.22. The number of hydrogen-bond donors (Lipinski definition) is 6. The van der Waals surface area contributed by atoms with E-state index in [9.17, 15) is 30.3 Å². The minimum absolute atomic E-state index is 0.0358. The molecule has 5 atom stereocenters. The summed E-state index contributed by atoms with van der Waals surface area (Å²) in [7, 11) is 0. The van der Waals surface area contributed by atoms with E-state index in [4.69, 9.17) is 19.3 Å². The summed E-state index contributed by atoms with van der Waals surface area (Å²) >= 11 is 0. The number of carbonyl (C=O) groups excluding carboxylic acids is 1. The van der Waals surface area contributed by atoms with Crippen LogP contribution in [0.4, 0.5) is 0 Å². The summed E-state index contributed by atoms with van der Waals surface area (Å²) in [5.74, 6) is -1.12. The Morgan fingerprint density at radius 2 is 1.79 bits per heavy atom. The van der Waals surface area contributed by atoms with Crippen LogP contribution in [0.5, 0.6) is 11.5 Å². The van der Waals surface area contributed by atoms with E-state index < -0.39 is 36.7 Å². The lowest BCUT2D eigenvalue weighted by Crippen LogP contribution is -2.59. The number of hydrogen-bond acceptors (Lipinski definition) is 10. The zero-order chi connectivity index (χ0) is 25.3. The quantitative estimate of drug-likeness (QED) is 0.114. The molecular weight excluding hydrogens is 448 g/mol. The molecule has 0 bridgehead atoms. The van der Waals surface area contributed by atoms with Gasteiger partial charge in [-0.15, -0.1) is 0 Å². The van der Waals surface area contributed by atoms with E-state index in [0.717, 1.165) is 5.57 Å². The third-order valence-electron chi connectivity index (χ3n) is 5.51. The summed E-state index contributed by atoms with van der Waals surface area (Å²) in [4.78, 5) is 12.2. The number of carbonyl (C=O) groups is 1. The highest BCUT2D eigenvalue weighted by Gasteiger charge is 2.44. The maximum absolute atomic E-state index is 12.2. The fourth-order valence-corrected chi connectivity index (χ4v) is 3.34. The summed E-state index contributed by atoms with van der Waals surface area (Å²) < 4.78 is 16.2. The normalized spacial score (nSPS) is 25.9. The van der Waals surface area contributed by atoms with Gasteiger partial charge in [-0.05, 0) is 50.8 Å². The lowest BCUT2D eigenvalue weighted by molar-refractivity contribution is -0.301. The van der Waals surface area contributed by atoms with Crippen LogP contribution < -0.4 is 0 Å². The molecule has 6 N–H and O–H groups in total. The highest BCUT2D eigenvalue weighted by molar-refractivity contribution is 5.87. The van der Waals surface area contributed by atoms with Crippen LogP contribution in [-0.2, 0) is 25.4 Å². The molecule has 0 spiro atoms. The fraction of sp³-hybridized carbons (Fsp3) is 0.542. The first-order valence-electron chi connectivity index (χ1n) is 11.1. The summed E-state index contributed by atoms with van der Waals surface area (Å²) in [5.41, 5.74) is 2.03. The topological polar surface area (TPSA) is 166 Å². The third-order valence-corrected chi connectivity index (χ3v) is 5.51. The Kier molecular flexibility index (Phi) is 11.0. The molecule has 0 aliphatic carbocycles. The maximum Gasteiger partial charge on any atom is 0.333 e. The van der Waals surface area contributed by atoms with Gasteiger partial charge in [-0.3, -0.25) is 0 Å². The first-order chi connectivity index (χ1) is 16.1. The van der Waals surface area contributed by atoms with Crippen molar-refractivity contribution in [3.8, 4) is 11.5 Å². The minimum Gasteiger partial charge on any atom is -0.504 e. The first-order valence-corrected chi connectivity index (χ1v) is 11.1. The van der Waals surface area contributed by atoms with Crippen LogP contribution in [0.25, 0.3) is 0 Å². The lowest BCUT2D eigenvalue weighted by Gasteiger charge is -2.40. The van der Waals surface area contributed by atoms with Crippen molar-refractivity contribution in [2.24, 2.45) is 0 Å². The molecule has 10 heteroatoms. The zero-order valence-electron chi connectivity index (χ0n) is 19.3. The van der Waals surface area contributed by atoms with Crippen LogP contribution in [0.3, 0.4) is 0 Å². The Hall–Kier alpha value is -2.47. The number of aliphatic hydroxyl groups is 4. The number of esters is 1. The summed E-state index contributed by atoms with van der Waals surface area (Å²) in [5, 5.41) is 58.3. The number of benzene rings is 1. The van der Waals surface area contributed by atoms with Gasteiger partial charge in [-0.2, -0.15) is 0 Å². The molecule has 1 aromatic rings. The van der Waals surface area contributed by atoms with Gasteiger partial charge in [-0.25, -0.2) is 4.79 Å². The highest BCUT2D eigenvalue weighted by Crippen LogP contribution is 2.26. The molecule has 190 valence electrons. The van der Waals surface area contributed by atoms with E-state index in [0.29, 0.717) is 30.4 Å². The van der Waals surface area contributed by atoms with E-state index in [1.807, 2.05) is 6.92 Å². The number of ether oxygens (including phenoxy) is 3. The van der Waals surface area contributed by atoms with Crippen LogP contribution in [0.1, 0.15) is 32.3 Å². The number of phenols is 2. The van der Waals surface area contributed by atoms with E-state index >= 15 is 0 Å². The molecule has 2 rings (SSSR count). The number of aliphatic hydroxyl groups excluding tert-OH is 4. The van der Waals surface area contributed by atoms with Crippen LogP contribution >= 0.6 is 0 Å². The fourth-order valence-electron chi connectivity index (χ4n) is 3.34. The summed E-state index contributed by atoms with van der Waals surface area (Å²) in [6.45, 7) is 3.13. The Balaban J connectivity index is 1.86. The minimum atomic E-state index is -1.57. The van der Waals surface area contributed by atoms with Gasteiger partial charge in [0.15, 0.2) is 17.8 Å². The molecule has 1 fully saturated rings. The van der Waals surface area contributed by atoms with Gasteiger partial charge >= 0.3 is 5.97 Å². The molecule has 5 unspecified atom stereocenters. The predicted octanol–water partition coefficient (Wildman–Crippen LogP) is 0.673. The van der Waals surface area contributed by atoms with Crippen molar-refractivity contribution in [1.82, 2.24) is 0 Å². The van der Waals surface area contributed by atoms with E-state index in [1.165, 1.54) is 12.1 Å². The van der Waals surface area contributed by atoms with Crippen LogP contribution in [0.2, 0.25) is 0 Å². The van der Waals surface area contributed by atoms with E-state index in [2.05, 4.69) is 0 Å². The molecule has 0 aromatic heterocycles. The molecule has 34 heavy (non-hydrogen) atoms. The number of allylic oxidation sites excluding steroid dienone is 2. The van der Waals surface area contributed by atoms with E-state index in [1.54, 1.807) is 25.1 Å². The molecule has 0 amide bonds. The molecule has 1 aliphatic heterocycles. The van der Waals surface area contributed by atoms with Gasteiger partial charge in [0.2, 0.25) is 0 Å². The van der Waals surface area contributed by atoms with Gasteiger partial charge in [0, 0.05) is 5.57 Å². The molecule has 1 saturated heterocycles. The maximum atomic E-state index is 12.2. The summed E-state index contributed by atoms with van der Waals surface area (Å²) in [6, 6.07) is 4.31. The third kappa shape index (κ3) is 8.08. The molecule has 0 saturated carbocycles. The average molecular weight is 483 g/mol. The highest BCUT2D eigenvalue weighted by atomic mass is 16.7. The average Bonchev–Trinajstić information content (AvgIpc) is 2.80. The smallest absolute Gasteiger partial charge is 0.333 e. The Morgan fingerprint density at radius 3 is 2.47 bits per heavy atom. The van der Waals surface area contributed by atoms with Crippen LogP contribution in [-0.4, -0.2) is 87.1 Å². The number of rotatable bonds is 11. The van der Waals surface area contributed by atoms with Gasteiger partial charge in [0.05, 0.1) is 13.2 Å². The molecule has 10 nitrogen and oxygen atoms in total. The second kappa shape index (κ2) is 13.4. The zero-order valence-corrected chi connectivity index (χ0v) is 19.3. The second-order valence-corrected chi connectivity index (χ2v) is 8.22. The molecular formula is C24H34O10. The SMILES string of the molecule is CC(=CCO)CCC=C(C)C(=O)OCC1OC(OCCc2ccc(O)c(O)c2)C(O)C(O)C1O. The van der Waals surface area contributed by atoms with Crippen LogP contribution in [0.15, 0.2) is 41.5 Å². The predicted molar refractivity (Wildman–Crippen MR) is 121 cm³/mol. The number of phenolic OH excluding ortho intramolecular Hbond substituents is 2. The van der Waals surface area contributed by atoms with Gasteiger partial charge in [-0.1, -0.05) is 23.8 Å². The Bertz CT molecular complexity index is 865. The summed E-state index contributed by atoms with van der Waals surface area (Å²) in [6.07, 6.45) is -1.99. The van der Waals surface area contributed by atoms with Crippen molar-refractivity contribution >= 4 is 5.97 Å².